The van der Waals surface area contributed by atoms with Crippen molar-refractivity contribution in [2.24, 2.45) is 0 Å². The highest BCUT2D eigenvalue weighted by molar-refractivity contribution is 5.71. The second kappa shape index (κ2) is 4.93. The zero-order chi connectivity index (χ0) is 13.4. The minimum Gasteiger partial charge on any atom is -0.310 e. The molecule has 4 heteroatoms. The van der Waals surface area contributed by atoms with E-state index in [2.05, 4.69) is 41.4 Å². The van der Waals surface area contributed by atoms with Crippen LogP contribution in [0.4, 0.5) is 0 Å². The minimum absolute atomic E-state index is 0.405. The molecule has 1 aliphatic rings. The number of piperidine rings is 1. The standard InChI is InChI=1S/C15H22N4/c1-11(2)19-14(12-6-5-9-18(3)10-12)17-13-7-4-8-16-15(13)19/h4,7-8,11-12H,5-6,9-10H2,1-3H3. The number of hydrogen-bond donors (Lipinski definition) is 0. The molecule has 102 valence electrons. The fourth-order valence-electron chi connectivity index (χ4n) is 3.12. The molecule has 1 atom stereocenters. The van der Waals surface area contributed by atoms with Crippen molar-refractivity contribution in [3.63, 3.8) is 0 Å². The number of fused-ring (bicyclic) bond motifs is 1. The number of aromatic nitrogens is 3. The third-order valence-electron chi connectivity index (χ3n) is 3.98. The molecule has 2 aromatic rings. The molecule has 0 N–H and O–H groups in total. The topological polar surface area (TPSA) is 34.0 Å². The molecule has 1 aliphatic heterocycles. The predicted molar refractivity (Wildman–Crippen MR) is 77.4 cm³/mol. The average molecular weight is 258 g/mol. The maximum atomic E-state index is 4.87. The number of imidazole rings is 1. The third-order valence-corrected chi connectivity index (χ3v) is 3.98. The maximum Gasteiger partial charge on any atom is 0.160 e. The Labute approximate surface area is 114 Å². The number of hydrogen-bond acceptors (Lipinski definition) is 3. The van der Waals surface area contributed by atoms with Gasteiger partial charge in [-0.3, -0.25) is 0 Å². The monoisotopic (exact) mass is 258 g/mol. The zero-order valence-corrected chi connectivity index (χ0v) is 12.0. The number of nitrogens with zero attached hydrogens (tertiary/aromatic N) is 4. The van der Waals surface area contributed by atoms with Gasteiger partial charge in [0.15, 0.2) is 5.65 Å². The predicted octanol–water partition coefficient (Wildman–Crippen LogP) is 2.82. The van der Waals surface area contributed by atoms with Crippen LogP contribution in [0, 0.1) is 0 Å². The molecule has 2 aromatic heterocycles. The lowest BCUT2D eigenvalue weighted by atomic mass is 9.97. The highest BCUT2D eigenvalue weighted by Gasteiger charge is 2.25. The first-order chi connectivity index (χ1) is 9.16. The molecule has 19 heavy (non-hydrogen) atoms. The molecule has 3 rings (SSSR count). The van der Waals surface area contributed by atoms with Crippen LogP contribution in [0.3, 0.4) is 0 Å². The Morgan fingerprint density at radius 1 is 1.37 bits per heavy atom. The van der Waals surface area contributed by atoms with Crippen LogP contribution in [0.15, 0.2) is 18.3 Å². The molecule has 4 nitrogen and oxygen atoms in total. The summed E-state index contributed by atoms with van der Waals surface area (Å²) in [5.41, 5.74) is 2.06. The van der Waals surface area contributed by atoms with Gasteiger partial charge in [-0.1, -0.05) is 0 Å². The molecule has 1 saturated heterocycles. The summed E-state index contributed by atoms with van der Waals surface area (Å²) in [6.45, 7) is 6.74. The van der Waals surface area contributed by atoms with Crippen LogP contribution in [0.25, 0.3) is 11.2 Å². The second-order valence-electron chi connectivity index (χ2n) is 5.88. The molecular weight excluding hydrogens is 236 g/mol. The number of rotatable bonds is 2. The lowest BCUT2D eigenvalue weighted by Gasteiger charge is -2.30. The Bertz CT molecular complexity index is 573. The van der Waals surface area contributed by atoms with Gasteiger partial charge in [-0.15, -0.1) is 0 Å². The molecule has 0 aliphatic carbocycles. The highest BCUT2D eigenvalue weighted by atomic mass is 15.2. The summed E-state index contributed by atoms with van der Waals surface area (Å²) in [6, 6.07) is 4.44. The van der Waals surface area contributed by atoms with Crippen molar-refractivity contribution >= 4 is 11.2 Å². The van der Waals surface area contributed by atoms with E-state index >= 15 is 0 Å². The summed E-state index contributed by atoms with van der Waals surface area (Å²) < 4.78 is 2.32. The van der Waals surface area contributed by atoms with Gasteiger partial charge in [0.25, 0.3) is 0 Å². The van der Waals surface area contributed by atoms with Gasteiger partial charge >= 0.3 is 0 Å². The van der Waals surface area contributed by atoms with Crippen LogP contribution >= 0.6 is 0 Å². The van der Waals surface area contributed by atoms with Crippen LogP contribution in [0.5, 0.6) is 0 Å². The van der Waals surface area contributed by atoms with Crippen LogP contribution in [0.2, 0.25) is 0 Å². The van der Waals surface area contributed by atoms with E-state index in [1.165, 1.54) is 25.2 Å². The van der Waals surface area contributed by atoms with Crippen LogP contribution in [-0.2, 0) is 0 Å². The van der Waals surface area contributed by atoms with Gasteiger partial charge in [0.1, 0.15) is 11.3 Å². The van der Waals surface area contributed by atoms with E-state index in [1.807, 2.05) is 12.3 Å². The normalized spacial score (nSPS) is 21.4. The Morgan fingerprint density at radius 3 is 2.95 bits per heavy atom. The van der Waals surface area contributed by atoms with E-state index in [9.17, 15) is 0 Å². The van der Waals surface area contributed by atoms with Gasteiger partial charge in [0.2, 0.25) is 0 Å². The summed E-state index contributed by atoms with van der Waals surface area (Å²) in [4.78, 5) is 11.8. The van der Waals surface area contributed by atoms with Gasteiger partial charge in [0, 0.05) is 24.7 Å². The van der Waals surface area contributed by atoms with Crippen LogP contribution in [0.1, 0.15) is 44.5 Å². The van der Waals surface area contributed by atoms with Crippen molar-refractivity contribution in [2.75, 3.05) is 20.1 Å². The minimum atomic E-state index is 0.405. The Balaban J connectivity index is 2.09. The van der Waals surface area contributed by atoms with Gasteiger partial charge in [-0.25, -0.2) is 9.97 Å². The molecule has 3 heterocycles. The molecule has 1 fully saturated rings. The van der Waals surface area contributed by atoms with Crippen LogP contribution in [-0.4, -0.2) is 39.6 Å². The summed E-state index contributed by atoms with van der Waals surface area (Å²) >= 11 is 0. The van der Waals surface area contributed by atoms with E-state index in [0.717, 1.165) is 17.7 Å². The summed E-state index contributed by atoms with van der Waals surface area (Å²) in [5, 5.41) is 0. The molecule has 0 bridgehead atoms. The van der Waals surface area contributed by atoms with Crippen molar-refractivity contribution in [3.8, 4) is 0 Å². The van der Waals surface area contributed by atoms with E-state index in [4.69, 9.17) is 4.98 Å². The van der Waals surface area contributed by atoms with E-state index in [-0.39, 0.29) is 0 Å². The first-order valence-electron chi connectivity index (χ1n) is 7.18. The van der Waals surface area contributed by atoms with Crippen molar-refractivity contribution in [1.29, 1.82) is 0 Å². The van der Waals surface area contributed by atoms with E-state index in [0.29, 0.717) is 12.0 Å². The first kappa shape index (κ1) is 12.6. The second-order valence-corrected chi connectivity index (χ2v) is 5.88. The van der Waals surface area contributed by atoms with Crippen molar-refractivity contribution in [1.82, 2.24) is 19.4 Å². The molecule has 0 radical (unpaired) electrons. The van der Waals surface area contributed by atoms with Crippen molar-refractivity contribution in [3.05, 3.63) is 24.2 Å². The average Bonchev–Trinajstić information content (AvgIpc) is 2.78. The Hall–Kier alpha value is -1.42. The SMILES string of the molecule is CC(C)n1c(C2CCCN(C)C2)nc2cccnc21. The van der Waals surface area contributed by atoms with E-state index < -0.39 is 0 Å². The zero-order valence-electron chi connectivity index (χ0n) is 12.0. The molecule has 0 aromatic carbocycles. The fraction of sp³-hybridized carbons (Fsp3) is 0.600. The van der Waals surface area contributed by atoms with Gasteiger partial charge in [0.05, 0.1) is 0 Å². The van der Waals surface area contributed by atoms with Crippen molar-refractivity contribution in [2.45, 2.75) is 38.6 Å². The summed E-state index contributed by atoms with van der Waals surface area (Å²) in [7, 11) is 2.20. The molecule has 0 saturated carbocycles. The molecule has 0 spiro atoms. The molecular formula is C15H22N4. The summed E-state index contributed by atoms with van der Waals surface area (Å²) in [5.74, 6) is 1.76. The highest BCUT2D eigenvalue weighted by Crippen LogP contribution is 2.30. The quantitative estimate of drug-likeness (QED) is 0.830. The van der Waals surface area contributed by atoms with Gasteiger partial charge in [-0.05, 0) is 52.4 Å². The summed E-state index contributed by atoms with van der Waals surface area (Å²) in [6.07, 6.45) is 4.36. The smallest absolute Gasteiger partial charge is 0.160 e. The largest absolute Gasteiger partial charge is 0.310 e. The molecule has 0 amide bonds. The lowest BCUT2D eigenvalue weighted by Crippen LogP contribution is -2.32. The third kappa shape index (κ3) is 2.25. The molecule has 1 unspecified atom stereocenters. The Morgan fingerprint density at radius 2 is 2.21 bits per heavy atom. The van der Waals surface area contributed by atoms with E-state index in [1.54, 1.807) is 0 Å². The lowest BCUT2D eigenvalue weighted by molar-refractivity contribution is 0.242. The number of likely N-dealkylation sites (N-methyl/N-ethyl adjacent to an activating group) is 1. The van der Waals surface area contributed by atoms with Crippen molar-refractivity contribution < 1.29 is 0 Å². The first-order valence-corrected chi connectivity index (χ1v) is 7.18. The van der Waals surface area contributed by atoms with Crippen LogP contribution < -0.4 is 0 Å². The number of likely N-dealkylation sites (tertiary alicyclic amines) is 1. The van der Waals surface area contributed by atoms with Gasteiger partial charge < -0.3 is 9.47 Å². The fourth-order valence-corrected chi connectivity index (χ4v) is 3.12. The Kier molecular flexibility index (Phi) is 3.27. The maximum absolute atomic E-state index is 4.87. The number of pyridine rings is 1. The van der Waals surface area contributed by atoms with Gasteiger partial charge in [-0.2, -0.15) is 0 Å².